The molecule has 0 aromatic heterocycles. The number of hydrogen-bond donors (Lipinski definition) is 0. The Morgan fingerprint density at radius 1 is 1.26 bits per heavy atom. The van der Waals surface area contributed by atoms with E-state index < -0.39 is 0 Å². The summed E-state index contributed by atoms with van der Waals surface area (Å²) < 4.78 is 14.0. The van der Waals surface area contributed by atoms with Crippen molar-refractivity contribution >= 4 is 34.8 Å². The number of carbonyl (C=O) groups excluding carboxylic acids is 1. The summed E-state index contributed by atoms with van der Waals surface area (Å²) in [5.41, 5.74) is 2.05. The SMILES string of the molecule is CCC(=O)N(Cc1ccccc1F)C[C@@H]1CC(c2ccc(Cl)c(Cl)c2)=NO1. The summed E-state index contributed by atoms with van der Waals surface area (Å²) >= 11 is 12.0. The lowest BCUT2D eigenvalue weighted by Crippen LogP contribution is -2.37. The van der Waals surface area contributed by atoms with Gasteiger partial charge in [-0.15, -0.1) is 0 Å². The number of rotatable bonds is 6. The Labute approximate surface area is 167 Å². The van der Waals surface area contributed by atoms with Crippen molar-refractivity contribution in [1.82, 2.24) is 4.90 Å². The van der Waals surface area contributed by atoms with Crippen LogP contribution < -0.4 is 0 Å². The average Bonchev–Trinajstić information content (AvgIpc) is 3.13. The second-order valence-corrected chi connectivity index (χ2v) is 7.13. The number of carbonyl (C=O) groups is 1. The fraction of sp³-hybridized carbons (Fsp3) is 0.300. The molecule has 27 heavy (non-hydrogen) atoms. The third-order valence-corrected chi connectivity index (χ3v) is 5.12. The number of hydrogen-bond acceptors (Lipinski definition) is 3. The van der Waals surface area contributed by atoms with Gasteiger partial charge in [-0.3, -0.25) is 4.79 Å². The minimum Gasteiger partial charge on any atom is -0.390 e. The summed E-state index contributed by atoms with van der Waals surface area (Å²) in [6.07, 6.45) is 0.571. The minimum atomic E-state index is -0.327. The molecule has 2 aromatic carbocycles. The third-order valence-electron chi connectivity index (χ3n) is 4.38. The second kappa shape index (κ2) is 8.72. The molecule has 0 spiro atoms. The van der Waals surface area contributed by atoms with Crippen LogP contribution in [0.15, 0.2) is 47.6 Å². The smallest absolute Gasteiger partial charge is 0.222 e. The molecule has 0 bridgehead atoms. The van der Waals surface area contributed by atoms with Gasteiger partial charge in [0.1, 0.15) is 5.82 Å². The highest BCUT2D eigenvalue weighted by atomic mass is 35.5. The lowest BCUT2D eigenvalue weighted by atomic mass is 10.0. The number of amides is 1. The maximum Gasteiger partial charge on any atom is 0.222 e. The summed E-state index contributed by atoms with van der Waals surface area (Å²) in [5.74, 6) is -0.392. The molecule has 1 atom stereocenters. The van der Waals surface area contributed by atoms with Crippen LogP contribution >= 0.6 is 23.2 Å². The van der Waals surface area contributed by atoms with Gasteiger partial charge in [0.25, 0.3) is 0 Å². The first kappa shape index (κ1) is 19.6. The van der Waals surface area contributed by atoms with Crippen LogP contribution in [-0.2, 0) is 16.2 Å². The molecule has 2 aromatic rings. The molecule has 0 aliphatic carbocycles. The molecule has 0 unspecified atom stereocenters. The normalized spacial score (nSPS) is 16.0. The second-order valence-electron chi connectivity index (χ2n) is 6.32. The number of halogens is 3. The van der Waals surface area contributed by atoms with Gasteiger partial charge in [-0.25, -0.2) is 4.39 Å². The van der Waals surface area contributed by atoms with E-state index in [4.69, 9.17) is 28.0 Å². The van der Waals surface area contributed by atoms with Crippen LogP contribution in [-0.4, -0.2) is 29.2 Å². The predicted molar refractivity (Wildman–Crippen MR) is 105 cm³/mol. The van der Waals surface area contributed by atoms with Crippen LogP contribution in [0.5, 0.6) is 0 Å². The molecule has 1 aliphatic rings. The lowest BCUT2D eigenvalue weighted by Gasteiger charge is -2.24. The van der Waals surface area contributed by atoms with Gasteiger partial charge >= 0.3 is 0 Å². The van der Waals surface area contributed by atoms with Crippen molar-refractivity contribution in [3.05, 3.63) is 69.5 Å². The van der Waals surface area contributed by atoms with Gasteiger partial charge in [-0.2, -0.15) is 0 Å². The number of nitrogens with zero attached hydrogens (tertiary/aromatic N) is 2. The molecule has 0 N–H and O–H groups in total. The Hall–Kier alpha value is -2.11. The van der Waals surface area contributed by atoms with Gasteiger partial charge in [-0.05, 0) is 18.2 Å². The molecule has 1 amide bonds. The van der Waals surface area contributed by atoms with E-state index in [1.807, 2.05) is 6.07 Å². The summed E-state index contributed by atoms with van der Waals surface area (Å²) in [6.45, 7) is 2.31. The lowest BCUT2D eigenvalue weighted by molar-refractivity contribution is -0.133. The molecule has 142 valence electrons. The molecule has 3 rings (SSSR count). The van der Waals surface area contributed by atoms with E-state index in [2.05, 4.69) is 5.16 Å². The molecule has 0 saturated carbocycles. The Bertz CT molecular complexity index is 873. The zero-order chi connectivity index (χ0) is 19.4. The van der Waals surface area contributed by atoms with E-state index in [1.54, 1.807) is 42.2 Å². The highest BCUT2D eigenvalue weighted by Gasteiger charge is 2.27. The zero-order valence-electron chi connectivity index (χ0n) is 14.8. The van der Waals surface area contributed by atoms with Crippen molar-refractivity contribution in [2.45, 2.75) is 32.4 Å². The third kappa shape index (κ3) is 4.79. The van der Waals surface area contributed by atoms with Crippen molar-refractivity contribution in [3.8, 4) is 0 Å². The Morgan fingerprint density at radius 3 is 2.74 bits per heavy atom. The van der Waals surface area contributed by atoms with Crippen LogP contribution in [0.1, 0.15) is 30.9 Å². The number of oxime groups is 1. The average molecular weight is 409 g/mol. The van der Waals surface area contributed by atoms with Crippen molar-refractivity contribution < 1.29 is 14.0 Å². The van der Waals surface area contributed by atoms with Gasteiger partial charge in [0.05, 0.1) is 22.3 Å². The van der Waals surface area contributed by atoms with Gasteiger partial charge in [0, 0.05) is 30.5 Å². The molecule has 0 saturated heterocycles. The van der Waals surface area contributed by atoms with E-state index >= 15 is 0 Å². The molecule has 1 heterocycles. The van der Waals surface area contributed by atoms with Crippen molar-refractivity contribution in [2.24, 2.45) is 5.16 Å². The minimum absolute atomic E-state index is 0.0650. The Kier molecular flexibility index (Phi) is 6.34. The van der Waals surface area contributed by atoms with E-state index in [9.17, 15) is 9.18 Å². The maximum absolute atomic E-state index is 14.0. The molecular formula is C20H19Cl2FN2O2. The van der Waals surface area contributed by atoms with Crippen molar-refractivity contribution in [1.29, 1.82) is 0 Å². The highest BCUT2D eigenvalue weighted by Crippen LogP contribution is 2.26. The number of benzene rings is 2. The van der Waals surface area contributed by atoms with E-state index in [-0.39, 0.29) is 24.4 Å². The monoisotopic (exact) mass is 408 g/mol. The Balaban J connectivity index is 1.68. The molecular weight excluding hydrogens is 390 g/mol. The van der Waals surface area contributed by atoms with E-state index in [1.165, 1.54) is 6.07 Å². The summed E-state index contributed by atoms with van der Waals surface area (Å²) in [5, 5.41) is 5.04. The first-order valence-electron chi connectivity index (χ1n) is 8.67. The van der Waals surface area contributed by atoms with Gasteiger partial charge in [0.15, 0.2) is 6.10 Å². The quantitative estimate of drug-likeness (QED) is 0.669. The summed E-state index contributed by atoms with van der Waals surface area (Å²) in [4.78, 5) is 19.4. The van der Waals surface area contributed by atoms with Crippen molar-refractivity contribution in [3.63, 3.8) is 0 Å². The Morgan fingerprint density at radius 2 is 2.04 bits per heavy atom. The highest BCUT2D eigenvalue weighted by molar-refractivity contribution is 6.42. The van der Waals surface area contributed by atoms with Crippen LogP contribution in [0.25, 0.3) is 0 Å². The van der Waals surface area contributed by atoms with Crippen molar-refractivity contribution in [2.75, 3.05) is 6.54 Å². The fourth-order valence-electron chi connectivity index (χ4n) is 2.93. The predicted octanol–water partition coefficient (Wildman–Crippen LogP) is 5.06. The van der Waals surface area contributed by atoms with Crippen LogP contribution in [0.2, 0.25) is 10.0 Å². The molecule has 1 aliphatic heterocycles. The van der Waals surface area contributed by atoms with Crippen LogP contribution in [0.4, 0.5) is 4.39 Å². The molecule has 0 radical (unpaired) electrons. The standard InChI is InChI=1S/C20H19Cl2FN2O2/c1-2-20(26)25(11-14-5-3-4-6-18(14)23)12-15-10-19(24-27-15)13-7-8-16(21)17(22)9-13/h3-9,15H,2,10-12H2,1H3/t15-/m0/s1. The van der Waals surface area contributed by atoms with Gasteiger partial charge in [-0.1, -0.05) is 59.5 Å². The summed E-state index contributed by atoms with van der Waals surface area (Å²) in [6, 6.07) is 11.7. The van der Waals surface area contributed by atoms with Crippen LogP contribution in [0.3, 0.4) is 0 Å². The molecule has 7 heteroatoms. The molecule has 4 nitrogen and oxygen atoms in total. The first-order valence-corrected chi connectivity index (χ1v) is 9.42. The zero-order valence-corrected chi connectivity index (χ0v) is 16.3. The first-order chi connectivity index (χ1) is 13.0. The molecule has 0 fully saturated rings. The van der Waals surface area contributed by atoms with Crippen LogP contribution in [0, 0.1) is 5.82 Å². The topological polar surface area (TPSA) is 41.9 Å². The van der Waals surface area contributed by atoms with E-state index in [0.29, 0.717) is 35.0 Å². The maximum atomic E-state index is 14.0. The van der Waals surface area contributed by atoms with Gasteiger partial charge < -0.3 is 9.74 Å². The summed E-state index contributed by atoms with van der Waals surface area (Å²) in [7, 11) is 0. The van der Waals surface area contributed by atoms with E-state index in [0.717, 1.165) is 11.3 Å². The largest absolute Gasteiger partial charge is 0.390 e. The van der Waals surface area contributed by atoms with Gasteiger partial charge in [0.2, 0.25) is 5.91 Å². The fourth-order valence-corrected chi connectivity index (χ4v) is 3.23.